The van der Waals surface area contributed by atoms with Crippen LogP contribution in [0.5, 0.6) is 5.75 Å². The van der Waals surface area contributed by atoms with Crippen LogP contribution < -0.4 is 10.5 Å². The zero-order chi connectivity index (χ0) is 16.9. The maximum atomic E-state index is 13.0. The van der Waals surface area contributed by atoms with Gasteiger partial charge in [-0.25, -0.2) is 9.37 Å². The lowest BCUT2D eigenvalue weighted by molar-refractivity contribution is 0.173. The van der Waals surface area contributed by atoms with Gasteiger partial charge in [-0.05, 0) is 24.3 Å². The molecule has 0 spiro atoms. The third-order valence-electron chi connectivity index (χ3n) is 3.63. The quantitative estimate of drug-likeness (QED) is 0.549. The van der Waals surface area contributed by atoms with Crippen LogP contribution in [0.4, 0.5) is 10.1 Å². The van der Waals surface area contributed by atoms with E-state index in [-0.39, 0.29) is 6.54 Å². The highest BCUT2D eigenvalue weighted by Gasteiger charge is 2.14. The number of nitrogen functional groups attached to an aromatic ring is 1. The fourth-order valence-electron chi connectivity index (χ4n) is 2.41. The van der Waals surface area contributed by atoms with Crippen LogP contribution in [0.3, 0.4) is 0 Å². The number of benzene rings is 2. The molecular formula is C18H16FN3O2. The molecule has 0 amide bonds. The summed E-state index contributed by atoms with van der Waals surface area (Å²) < 4.78 is 18.5. The van der Waals surface area contributed by atoms with Gasteiger partial charge >= 0.3 is 0 Å². The number of halogens is 1. The van der Waals surface area contributed by atoms with Crippen molar-refractivity contribution >= 4 is 16.6 Å². The number of pyridine rings is 1. The second-order valence-corrected chi connectivity index (χ2v) is 5.35. The van der Waals surface area contributed by atoms with Crippen molar-refractivity contribution in [2.24, 2.45) is 5.18 Å². The number of alkyl halides is 1. The highest BCUT2D eigenvalue weighted by atomic mass is 19.1. The van der Waals surface area contributed by atoms with Gasteiger partial charge in [-0.2, -0.15) is 4.91 Å². The molecule has 1 aromatic heterocycles. The number of hydrogen-bond acceptors (Lipinski definition) is 5. The molecule has 2 aromatic carbocycles. The van der Waals surface area contributed by atoms with E-state index >= 15 is 0 Å². The minimum Gasteiger partial charge on any atom is -0.483 e. The zero-order valence-corrected chi connectivity index (χ0v) is 12.9. The molecular weight excluding hydrogens is 309 g/mol. The normalized spacial score (nSPS) is 12.0. The van der Waals surface area contributed by atoms with Crippen LogP contribution >= 0.6 is 0 Å². The van der Waals surface area contributed by atoms with Crippen molar-refractivity contribution in [2.45, 2.75) is 6.10 Å². The van der Waals surface area contributed by atoms with Gasteiger partial charge in [0.1, 0.15) is 30.6 Å². The summed E-state index contributed by atoms with van der Waals surface area (Å²) in [6.45, 7) is -1.04. The summed E-state index contributed by atoms with van der Waals surface area (Å²) in [6.07, 6.45) is -0.907. The second kappa shape index (κ2) is 7.04. The first-order chi connectivity index (χ1) is 11.7. The lowest BCUT2D eigenvalue weighted by Gasteiger charge is -2.14. The first-order valence-corrected chi connectivity index (χ1v) is 7.48. The van der Waals surface area contributed by atoms with Crippen LogP contribution in [-0.4, -0.2) is 24.3 Å². The second-order valence-electron chi connectivity index (χ2n) is 5.35. The Bertz CT molecular complexity index is 853. The number of para-hydroxylation sites is 1. The molecule has 0 bridgehead atoms. The zero-order valence-electron chi connectivity index (χ0n) is 12.9. The highest BCUT2D eigenvalue weighted by Crippen LogP contribution is 2.28. The fourth-order valence-corrected chi connectivity index (χ4v) is 2.41. The topological polar surface area (TPSA) is 77.6 Å². The number of anilines is 1. The lowest BCUT2D eigenvalue weighted by atomic mass is 10.1. The molecule has 0 radical (unpaired) electrons. The maximum absolute atomic E-state index is 13.0. The van der Waals surface area contributed by atoms with Gasteiger partial charge in [0.15, 0.2) is 0 Å². The SMILES string of the molecule is Nc1ccc(-c2ccc3cccc(OC(CF)CN=O)c3n2)cc1. The molecule has 1 heterocycles. The Morgan fingerprint density at radius 2 is 1.92 bits per heavy atom. The van der Waals surface area contributed by atoms with E-state index in [1.807, 2.05) is 30.3 Å². The van der Waals surface area contributed by atoms with Crippen molar-refractivity contribution < 1.29 is 9.13 Å². The number of nitrogens with zero attached hydrogens (tertiary/aromatic N) is 2. The minimum atomic E-state index is -0.907. The van der Waals surface area contributed by atoms with E-state index in [1.165, 1.54) is 0 Å². The van der Waals surface area contributed by atoms with Crippen molar-refractivity contribution in [3.05, 3.63) is 59.5 Å². The van der Waals surface area contributed by atoms with Crippen LogP contribution in [0.15, 0.2) is 59.8 Å². The van der Waals surface area contributed by atoms with Gasteiger partial charge in [-0.1, -0.05) is 35.5 Å². The number of rotatable bonds is 6. The van der Waals surface area contributed by atoms with Crippen molar-refractivity contribution in [2.75, 3.05) is 19.0 Å². The molecule has 0 aliphatic heterocycles. The molecule has 0 fully saturated rings. The van der Waals surface area contributed by atoms with Gasteiger partial charge in [0.05, 0.1) is 5.69 Å². The van der Waals surface area contributed by atoms with Gasteiger partial charge < -0.3 is 10.5 Å². The summed E-state index contributed by atoms with van der Waals surface area (Å²) in [5, 5.41) is 3.57. The number of ether oxygens (including phenoxy) is 1. The summed E-state index contributed by atoms with van der Waals surface area (Å²) in [5.41, 5.74) is 8.66. The first kappa shape index (κ1) is 15.9. The number of fused-ring (bicyclic) bond motifs is 1. The molecule has 3 aromatic rings. The summed E-state index contributed by atoms with van der Waals surface area (Å²) in [4.78, 5) is 15.0. The summed E-state index contributed by atoms with van der Waals surface area (Å²) >= 11 is 0. The predicted octanol–water partition coefficient (Wildman–Crippen LogP) is 3.97. The smallest absolute Gasteiger partial charge is 0.150 e. The third-order valence-corrected chi connectivity index (χ3v) is 3.63. The van der Waals surface area contributed by atoms with Crippen molar-refractivity contribution in [3.8, 4) is 17.0 Å². The average Bonchev–Trinajstić information content (AvgIpc) is 2.62. The number of nitrogens with two attached hydrogens (primary N) is 1. The Labute approximate surface area is 138 Å². The van der Waals surface area contributed by atoms with E-state index in [0.717, 1.165) is 16.6 Å². The molecule has 0 saturated carbocycles. The van der Waals surface area contributed by atoms with E-state index in [4.69, 9.17) is 10.5 Å². The molecule has 122 valence electrons. The van der Waals surface area contributed by atoms with E-state index < -0.39 is 12.8 Å². The van der Waals surface area contributed by atoms with Gasteiger partial charge in [0, 0.05) is 16.6 Å². The summed E-state index contributed by atoms with van der Waals surface area (Å²) in [7, 11) is 0. The first-order valence-electron chi connectivity index (χ1n) is 7.48. The standard InChI is InChI=1S/C18H16FN3O2/c19-10-15(11-21-23)24-17-3-1-2-13-6-9-16(22-18(13)17)12-4-7-14(20)8-5-12/h1-9,15H,10-11,20H2. The monoisotopic (exact) mass is 325 g/mol. The minimum absolute atomic E-state index is 0.245. The summed E-state index contributed by atoms with van der Waals surface area (Å²) in [5.74, 6) is 0.427. The Morgan fingerprint density at radius 3 is 2.62 bits per heavy atom. The Kier molecular flexibility index (Phi) is 4.65. The highest BCUT2D eigenvalue weighted by molar-refractivity contribution is 5.86. The van der Waals surface area contributed by atoms with E-state index in [9.17, 15) is 9.30 Å². The van der Waals surface area contributed by atoms with Crippen LogP contribution in [0, 0.1) is 4.91 Å². The largest absolute Gasteiger partial charge is 0.483 e. The van der Waals surface area contributed by atoms with Crippen LogP contribution in [0.2, 0.25) is 0 Å². The molecule has 1 unspecified atom stereocenters. The molecule has 3 rings (SSSR count). The van der Waals surface area contributed by atoms with Gasteiger partial charge in [0.2, 0.25) is 0 Å². The van der Waals surface area contributed by atoms with E-state index in [0.29, 0.717) is 17.0 Å². The number of hydrogen-bond donors (Lipinski definition) is 1. The summed E-state index contributed by atoms with van der Waals surface area (Å²) in [6, 6.07) is 16.6. The van der Waals surface area contributed by atoms with Crippen molar-refractivity contribution in [1.29, 1.82) is 0 Å². The Balaban J connectivity index is 2.02. The van der Waals surface area contributed by atoms with Crippen LogP contribution in [0.25, 0.3) is 22.2 Å². The molecule has 1 atom stereocenters. The van der Waals surface area contributed by atoms with Gasteiger partial charge in [-0.3, -0.25) is 0 Å². The van der Waals surface area contributed by atoms with Crippen LogP contribution in [0.1, 0.15) is 0 Å². The number of nitroso groups, excluding NO2 is 1. The van der Waals surface area contributed by atoms with Gasteiger partial charge in [-0.15, -0.1) is 0 Å². The van der Waals surface area contributed by atoms with E-state index in [1.54, 1.807) is 24.3 Å². The molecule has 6 heteroatoms. The molecule has 0 aliphatic rings. The number of aromatic nitrogens is 1. The Hall–Kier alpha value is -3.02. The molecule has 0 saturated heterocycles. The Morgan fingerprint density at radius 1 is 1.12 bits per heavy atom. The average molecular weight is 325 g/mol. The fraction of sp³-hybridized carbons (Fsp3) is 0.167. The molecule has 5 nitrogen and oxygen atoms in total. The maximum Gasteiger partial charge on any atom is 0.150 e. The molecule has 0 aliphatic carbocycles. The van der Waals surface area contributed by atoms with Crippen molar-refractivity contribution in [1.82, 2.24) is 4.98 Å². The van der Waals surface area contributed by atoms with Crippen LogP contribution in [-0.2, 0) is 0 Å². The van der Waals surface area contributed by atoms with E-state index in [2.05, 4.69) is 10.2 Å². The third kappa shape index (κ3) is 3.32. The lowest BCUT2D eigenvalue weighted by Crippen LogP contribution is -2.22. The molecule has 24 heavy (non-hydrogen) atoms. The van der Waals surface area contributed by atoms with Gasteiger partial charge in [0.25, 0.3) is 0 Å². The molecule has 2 N–H and O–H groups in total. The predicted molar refractivity (Wildman–Crippen MR) is 92.6 cm³/mol. The van der Waals surface area contributed by atoms with Crippen molar-refractivity contribution in [3.63, 3.8) is 0 Å².